The van der Waals surface area contributed by atoms with Crippen molar-refractivity contribution in [1.82, 2.24) is 15.6 Å². The molecule has 0 saturated heterocycles. The zero-order valence-electron chi connectivity index (χ0n) is 14.5. The molecule has 2 aromatic rings. The summed E-state index contributed by atoms with van der Waals surface area (Å²) in [7, 11) is 1.78. The average molecular weight is 326 g/mol. The van der Waals surface area contributed by atoms with E-state index in [0.29, 0.717) is 19.0 Å². The van der Waals surface area contributed by atoms with Gasteiger partial charge in [-0.25, -0.2) is 4.98 Å². The SMILES string of the molecule is CCCCNC(=NC)NCc1cccnc1OCc1ccccc1. The molecule has 0 bridgehead atoms. The van der Waals surface area contributed by atoms with Crippen LogP contribution >= 0.6 is 0 Å². The molecule has 24 heavy (non-hydrogen) atoms. The number of hydrogen-bond donors (Lipinski definition) is 2. The third kappa shape index (κ3) is 5.91. The Kier molecular flexibility index (Phi) is 7.60. The molecule has 128 valence electrons. The first-order chi connectivity index (χ1) is 11.8. The molecule has 0 unspecified atom stereocenters. The quantitative estimate of drug-likeness (QED) is 0.444. The Morgan fingerprint density at radius 1 is 1.12 bits per heavy atom. The average Bonchev–Trinajstić information content (AvgIpc) is 2.64. The number of nitrogens with one attached hydrogen (secondary N) is 2. The second kappa shape index (κ2) is 10.3. The Hall–Kier alpha value is -2.56. The number of aliphatic imine (C=N–C) groups is 1. The van der Waals surface area contributed by atoms with E-state index in [1.807, 2.05) is 42.5 Å². The maximum Gasteiger partial charge on any atom is 0.218 e. The van der Waals surface area contributed by atoms with Crippen molar-refractivity contribution in [3.8, 4) is 5.88 Å². The first kappa shape index (κ1) is 17.8. The van der Waals surface area contributed by atoms with Gasteiger partial charge in [0.15, 0.2) is 5.96 Å². The maximum absolute atomic E-state index is 5.88. The first-order valence-corrected chi connectivity index (χ1v) is 8.38. The number of pyridine rings is 1. The molecule has 0 aliphatic carbocycles. The molecule has 2 rings (SSSR count). The summed E-state index contributed by atoms with van der Waals surface area (Å²) in [6.07, 6.45) is 4.03. The summed E-state index contributed by atoms with van der Waals surface area (Å²) in [5.41, 5.74) is 2.13. The van der Waals surface area contributed by atoms with Gasteiger partial charge in [0.05, 0.1) is 0 Å². The third-order valence-corrected chi connectivity index (χ3v) is 3.56. The van der Waals surface area contributed by atoms with Crippen molar-refractivity contribution in [2.45, 2.75) is 32.9 Å². The van der Waals surface area contributed by atoms with Crippen LogP contribution in [-0.4, -0.2) is 24.5 Å². The van der Waals surface area contributed by atoms with Crippen LogP contribution in [0.4, 0.5) is 0 Å². The molecule has 0 fully saturated rings. The van der Waals surface area contributed by atoms with Crippen molar-refractivity contribution < 1.29 is 4.74 Å². The lowest BCUT2D eigenvalue weighted by molar-refractivity contribution is 0.290. The lowest BCUT2D eigenvalue weighted by Gasteiger charge is -2.14. The van der Waals surface area contributed by atoms with Crippen LogP contribution in [0.25, 0.3) is 0 Å². The highest BCUT2D eigenvalue weighted by Crippen LogP contribution is 2.15. The molecule has 1 heterocycles. The van der Waals surface area contributed by atoms with Crippen molar-refractivity contribution in [2.75, 3.05) is 13.6 Å². The van der Waals surface area contributed by atoms with Gasteiger partial charge in [-0.05, 0) is 18.1 Å². The van der Waals surface area contributed by atoms with Gasteiger partial charge >= 0.3 is 0 Å². The van der Waals surface area contributed by atoms with Crippen molar-refractivity contribution in [1.29, 1.82) is 0 Å². The van der Waals surface area contributed by atoms with Gasteiger partial charge in [0, 0.05) is 31.9 Å². The van der Waals surface area contributed by atoms with Gasteiger partial charge in [-0.3, -0.25) is 4.99 Å². The van der Waals surface area contributed by atoms with E-state index in [2.05, 4.69) is 27.5 Å². The Labute approximate surface area is 144 Å². The van der Waals surface area contributed by atoms with Gasteiger partial charge in [0.2, 0.25) is 5.88 Å². The van der Waals surface area contributed by atoms with Crippen LogP contribution in [0.2, 0.25) is 0 Å². The third-order valence-electron chi connectivity index (χ3n) is 3.56. The van der Waals surface area contributed by atoms with Crippen molar-refractivity contribution in [3.63, 3.8) is 0 Å². The Balaban J connectivity index is 1.90. The second-order valence-electron chi connectivity index (χ2n) is 5.45. The maximum atomic E-state index is 5.88. The number of rotatable bonds is 8. The van der Waals surface area contributed by atoms with Crippen LogP contribution < -0.4 is 15.4 Å². The van der Waals surface area contributed by atoms with Crippen LogP contribution in [0.1, 0.15) is 30.9 Å². The largest absolute Gasteiger partial charge is 0.473 e. The van der Waals surface area contributed by atoms with E-state index in [1.54, 1.807) is 13.2 Å². The van der Waals surface area contributed by atoms with Gasteiger partial charge in [-0.1, -0.05) is 49.7 Å². The Morgan fingerprint density at radius 2 is 1.96 bits per heavy atom. The Bertz CT molecular complexity index is 628. The molecule has 0 spiro atoms. The lowest BCUT2D eigenvalue weighted by Crippen LogP contribution is -2.37. The smallest absolute Gasteiger partial charge is 0.218 e. The fourth-order valence-electron chi connectivity index (χ4n) is 2.20. The number of hydrogen-bond acceptors (Lipinski definition) is 3. The van der Waals surface area contributed by atoms with Crippen molar-refractivity contribution in [2.24, 2.45) is 4.99 Å². The minimum absolute atomic E-state index is 0.508. The van der Waals surface area contributed by atoms with Crippen LogP contribution in [0.5, 0.6) is 5.88 Å². The highest BCUT2D eigenvalue weighted by Gasteiger charge is 2.06. The van der Waals surface area contributed by atoms with Crippen LogP contribution in [-0.2, 0) is 13.2 Å². The minimum Gasteiger partial charge on any atom is -0.473 e. The molecular formula is C19H26N4O. The predicted molar refractivity (Wildman–Crippen MR) is 98.1 cm³/mol. The summed E-state index contributed by atoms with van der Waals surface area (Å²) in [5, 5.41) is 6.60. The number of nitrogens with zero attached hydrogens (tertiary/aromatic N) is 2. The summed E-state index contributed by atoms with van der Waals surface area (Å²) in [6, 6.07) is 14.0. The normalized spacial score (nSPS) is 11.2. The Morgan fingerprint density at radius 3 is 2.71 bits per heavy atom. The lowest BCUT2D eigenvalue weighted by atomic mass is 10.2. The van der Waals surface area contributed by atoms with Crippen LogP contribution in [0.3, 0.4) is 0 Å². The minimum atomic E-state index is 0.508. The fraction of sp³-hybridized carbons (Fsp3) is 0.368. The topological polar surface area (TPSA) is 58.5 Å². The van der Waals surface area contributed by atoms with E-state index in [4.69, 9.17) is 4.74 Å². The van der Waals surface area contributed by atoms with E-state index in [-0.39, 0.29) is 0 Å². The number of guanidine groups is 1. The summed E-state index contributed by atoms with van der Waals surface area (Å²) >= 11 is 0. The summed E-state index contributed by atoms with van der Waals surface area (Å²) in [5.74, 6) is 1.44. The highest BCUT2D eigenvalue weighted by atomic mass is 16.5. The molecule has 1 aromatic heterocycles. The van der Waals surface area contributed by atoms with E-state index < -0.39 is 0 Å². The summed E-state index contributed by atoms with van der Waals surface area (Å²) in [4.78, 5) is 8.58. The van der Waals surface area contributed by atoms with Gasteiger partial charge in [0.1, 0.15) is 6.61 Å². The van der Waals surface area contributed by atoms with Gasteiger partial charge in [-0.15, -0.1) is 0 Å². The number of aromatic nitrogens is 1. The zero-order valence-corrected chi connectivity index (χ0v) is 14.5. The molecule has 0 aliphatic rings. The molecule has 2 N–H and O–H groups in total. The molecule has 0 saturated carbocycles. The monoisotopic (exact) mass is 326 g/mol. The van der Waals surface area contributed by atoms with E-state index in [0.717, 1.165) is 36.5 Å². The van der Waals surface area contributed by atoms with Crippen molar-refractivity contribution in [3.05, 3.63) is 59.8 Å². The molecule has 0 radical (unpaired) electrons. The van der Waals surface area contributed by atoms with Gasteiger partial charge in [0.25, 0.3) is 0 Å². The number of ether oxygens (including phenoxy) is 1. The molecule has 5 heteroatoms. The summed E-state index contributed by atoms with van der Waals surface area (Å²) < 4.78 is 5.88. The standard InChI is InChI=1S/C19H26N4O/c1-3-4-12-22-19(20-2)23-14-17-11-8-13-21-18(17)24-15-16-9-6-5-7-10-16/h5-11,13H,3-4,12,14-15H2,1-2H3,(H2,20,22,23). The van der Waals surface area contributed by atoms with Crippen molar-refractivity contribution >= 4 is 5.96 Å². The fourth-order valence-corrected chi connectivity index (χ4v) is 2.20. The van der Waals surface area contributed by atoms with Crippen LogP contribution in [0.15, 0.2) is 53.7 Å². The van der Waals surface area contributed by atoms with E-state index in [1.165, 1.54) is 0 Å². The van der Waals surface area contributed by atoms with Crippen LogP contribution in [0, 0.1) is 0 Å². The predicted octanol–water partition coefficient (Wildman–Crippen LogP) is 3.13. The molecule has 0 aliphatic heterocycles. The number of unbranched alkanes of at least 4 members (excludes halogenated alkanes) is 1. The molecule has 5 nitrogen and oxygen atoms in total. The molecule has 1 aromatic carbocycles. The molecular weight excluding hydrogens is 300 g/mol. The highest BCUT2D eigenvalue weighted by molar-refractivity contribution is 5.79. The summed E-state index contributed by atoms with van der Waals surface area (Å²) in [6.45, 7) is 4.21. The second-order valence-corrected chi connectivity index (χ2v) is 5.45. The first-order valence-electron chi connectivity index (χ1n) is 8.38. The zero-order chi connectivity index (χ0) is 17.0. The molecule has 0 amide bonds. The molecule has 0 atom stereocenters. The van der Waals surface area contributed by atoms with Gasteiger partial charge < -0.3 is 15.4 Å². The van der Waals surface area contributed by atoms with Gasteiger partial charge in [-0.2, -0.15) is 0 Å². The van der Waals surface area contributed by atoms with E-state index in [9.17, 15) is 0 Å². The van der Waals surface area contributed by atoms with E-state index >= 15 is 0 Å². The number of benzene rings is 1.